The molecule has 0 fully saturated rings. The summed E-state index contributed by atoms with van der Waals surface area (Å²) in [5.74, 6) is 0.493. The SMILES string of the molecule is CSc1ccc(NC(=O)O[C@H](c2cccc(OCCO)c2)[C@@H](C)CCO)cc1. The van der Waals surface area contributed by atoms with E-state index in [9.17, 15) is 9.90 Å². The fraction of sp³-hybridized carbons (Fsp3) is 0.381. The van der Waals surface area contributed by atoms with Gasteiger partial charge in [0.25, 0.3) is 0 Å². The smallest absolute Gasteiger partial charge is 0.412 e. The van der Waals surface area contributed by atoms with Gasteiger partial charge in [-0.2, -0.15) is 0 Å². The van der Waals surface area contributed by atoms with Crippen molar-refractivity contribution in [2.24, 2.45) is 5.92 Å². The number of carbonyl (C=O) groups is 1. The number of nitrogens with one attached hydrogen (secondary N) is 1. The Morgan fingerprint density at radius 1 is 1.14 bits per heavy atom. The third kappa shape index (κ3) is 6.74. The van der Waals surface area contributed by atoms with Crippen LogP contribution in [-0.4, -0.2) is 42.4 Å². The molecule has 0 unspecified atom stereocenters. The largest absolute Gasteiger partial charge is 0.491 e. The van der Waals surface area contributed by atoms with Crippen LogP contribution in [0.4, 0.5) is 10.5 Å². The Morgan fingerprint density at radius 2 is 1.89 bits per heavy atom. The molecule has 0 aliphatic carbocycles. The molecule has 3 N–H and O–H groups in total. The van der Waals surface area contributed by atoms with Crippen LogP contribution < -0.4 is 10.1 Å². The fourth-order valence-corrected chi connectivity index (χ4v) is 3.16. The third-order valence-corrected chi connectivity index (χ3v) is 4.96. The molecule has 152 valence electrons. The molecule has 0 heterocycles. The van der Waals surface area contributed by atoms with Crippen LogP contribution in [0, 0.1) is 5.92 Å². The molecule has 0 aliphatic heterocycles. The van der Waals surface area contributed by atoms with E-state index in [-0.39, 0.29) is 25.7 Å². The zero-order chi connectivity index (χ0) is 20.4. The maximum atomic E-state index is 12.5. The highest BCUT2D eigenvalue weighted by atomic mass is 32.2. The molecule has 0 bridgehead atoms. The maximum absolute atomic E-state index is 12.5. The Balaban J connectivity index is 2.12. The summed E-state index contributed by atoms with van der Waals surface area (Å²) in [7, 11) is 0. The zero-order valence-corrected chi connectivity index (χ0v) is 16.9. The monoisotopic (exact) mass is 405 g/mol. The molecule has 6 nitrogen and oxygen atoms in total. The first-order valence-electron chi connectivity index (χ1n) is 9.13. The van der Waals surface area contributed by atoms with E-state index < -0.39 is 12.2 Å². The average molecular weight is 406 g/mol. The van der Waals surface area contributed by atoms with Crippen LogP contribution in [0.2, 0.25) is 0 Å². The van der Waals surface area contributed by atoms with Crippen molar-refractivity contribution in [3.05, 3.63) is 54.1 Å². The van der Waals surface area contributed by atoms with E-state index in [1.165, 1.54) is 0 Å². The van der Waals surface area contributed by atoms with Crippen molar-refractivity contribution in [2.75, 3.05) is 31.4 Å². The molecule has 7 heteroatoms. The molecule has 2 aromatic rings. The first kappa shape index (κ1) is 22.1. The summed E-state index contributed by atoms with van der Waals surface area (Å²) in [6.45, 7) is 2.03. The van der Waals surface area contributed by atoms with Crippen molar-refractivity contribution in [1.82, 2.24) is 0 Å². The van der Waals surface area contributed by atoms with Gasteiger partial charge < -0.3 is 19.7 Å². The second-order valence-electron chi connectivity index (χ2n) is 6.31. The van der Waals surface area contributed by atoms with Gasteiger partial charge in [0, 0.05) is 17.2 Å². The predicted molar refractivity (Wildman–Crippen MR) is 111 cm³/mol. The summed E-state index contributed by atoms with van der Waals surface area (Å²) >= 11 is 1.63. The summed E-state index contributed by atoms with van der Waals surface area (Å²) in [4.78, 5) is 13.6. The van der Waals surface area contributed by atoms with Gasteiger partial charge in [0.2, 0.25) is 0 Å². The number of anilines is 1. The summed E-state index contributed by atoms with van der Waals surface area (Å²) < 4.78 is 11.2. The second kappa shape index (κ2) is 11.6. The zero-order valence-electron chi connectivity index (χ0n) is 16.1. The van der Waals surface area contributed by atoms with Crippen molar-refractivity contribution in [2.45, 2.75) is 24.3 Å². The summed E-state index contributed by atoms with van der Waals surface area (Å²) in [5, 5.41) is 21.0. The summed E-state index contributed by atoms with van der Waals surface area (Å²) in [5.41, 5.74) is 1.42. The molecule has 0 spiro atoms. The molecule has 28 heavy (non-hydrogen) atoms. The Bertz CT molecular complexity index is 738. The van der Waals surface area contributed by atoms with Gasteiger partial charge >= 0.3 is 6.09 Å². The number of ether oxygens (including phenoxy) is 2. The number of rotatable bonds is 10. The highest BCUT2D eigenvalue weighted by molar-refractivity contribution is 7.98. The molecule has 1 amide bonds. The second-order valence-corrected chi connectivity index (χ2v) is 7.19. The molecule has 2 aromatic carbocycles. The minimum Gasteiger partial charge on any atom is -0.491 e. The summed E-state index contributed by atoms with van der Waals surface area (Å²) in [6.07, 6.45) is 1.37. The van der Waals surface area contributed by atoms with Gasteiger partial charge in [-0.1, -0.05) is 19.1 Å². The lowest BCUT2D eigenvalue weighted by atomic mass is 9.94. The first-order chi connectivity index (χ1) is 13.6. The van der Waals surface area contributed by atoms with Gasteiger partial charge in [-0.3, -0.25) is 5.32 Å². The lowest BCUT2D eigenvalue weighted by Crippen LogP contribution is -2.22. The van der Waals surface area contributed by atoms with Gasteiger partial charge in [0.1, 0.15) is 18.5 Å². The van der Waals surface area contributed by atoms with Crippen molar-refractivity contribution in [1.29, 1.82) is 0 Å². The van der Waals surface area contributed by atoms with Crippen LogP contribution in [0.25, 0.3) is 0 Å². The van der Waals surface area contributed by atoms with E-state index in [1.54, 1.807) is 23.9 Å². The van der Waals surface area contributed by atoms with Crippen LogP contribution in [0.3, 0.4) is 0 Å². The van der Waals surface area contributed by atoms with Crippen molar-refractivity contribution >= 4 is 23.5 Å². The van der Waals surface area contributed by atoms with E-state index in [2.05, 4.69) is 5.32 Å². The Morgan fingerprint density at radius 3 is 2.54 bits per heavy atom. The van der Waals surface area contributed by atoms with Gasteiger partial charge in [0.15, 0.2) is 0 Å². The third-order valence-electron chi connectivity index (χ3n) is 4.22. The van der Waals surface area contributed by atoms with E-state index >= 15 is 0 Å². The van der Waals surface area contributed by atoms with Crippen LogP contribution >= 0.6 is 11.8 Å². The molecular weight excluding hydrogens is 378 g/mol. The lowest BCUT2D eigenvalue weighted by Gasteiger charge is -2.24. The number of aliphatic hydroxyl groups is 2. The quantitative estimate of drug-likeness (QED) is 0.516. The van der Waals surface area contributed by atoms with Crippen molar-refractivity contribution in [3.63, 3.8) is 0 Å². The number of hydrogen-bond acceptors (Lipinski definition) is 6. The molecule has 0 radical (unpaired) electrons. The van der Waals surface area contributed by atoms with Crippen LogP contribution in [-0.2, 0) is 4.74 Å². The van der Waals surface area contributed by atoms with E-state index in [4.69, 9.17) is 14.6 Å². The van der Waals surface area contributed by atoms with E-state index in [0.717, 1.165) is 10.5 Å². The fourth-order valence-electron chi connectivity index (χ4n) is 2.75. The summed E-state index contributed by atoms with van der Waals surface area (Å²) in [6, 6.07) is 14.7. The highest BCUT2D eigenvalue weighted by Crippen LogP contribution is 2.31. The van der Waals surface area contributed by atoms with Gasteiger partial charge in [-0.25, -0.2) is 4.79 Å². The lowest BCUT2D eigenvalue weighted by molar-refractivity contribution is 0.0665. The Labute approximate surface area is 169 Å². The van der Waals surface area contributed by atoms with Crippen molar-refractivity contribution < 1.29 is 24.5 Å². The molecule has 0 aromatic heterocycles. The first-order valence-corrected chi connectivity index (χ1v) is 10.4. The predicted octanol–water partition coefficient (Wildman–Crippen LogP) is 4.09. The standard InChI is InChI=1S/C21H27NO5S/c1-15(10-11-23)20(16-4-3-5-18(14-16)26-13-12-24)27-21(25)22-17-6-8-19(28-2)9-7-17/h3-9,14-15,20,23-24H,10-13H2,1-2H3,(H,22,25)/t15-,20-/m0/s1. The average Bonchev–Trinajstić information content (AvgIpc) is 2.71. The van der Waals surface area contributed by atoms with Crippen LogP contribution in [0.5, 0.6) is 5.75 Å². The van der Waals surface area contributed by atoms with Gasteiger partial charge in [0.05, 0.1) is 6.61 Å². The highest BCUT2D eigenvalue weighted by Gasteiger charge is 2.24. The number of aliphatic hydroxyl groups excluding tert-OH is 2. The van der Waals surface area contributed by atoms with E-state index in [0.29, 0.717) is 17.9 Å². The molecule has 2 rings (SSSR count). The van der Waals surface area contributed by atoms with Gasteiger partial charge in [-0.05, 0) is 60.6 Å². The van der Waals surface area contributed by atoms with Crippen molar-refractivity contribution in [3.8, 4) is 5.75 Å². The Kier molecular flexibility index (Phi) is 9.13. The molecule has 0 saturated carbocycles. The molecule has 2 atom stereocenters. The molecule has 0 saturated heterocycles. The van der Waals surface area contributed by atoms with Crippen LogP contribution in [0.15, 0.2) is 53.4 Å². The number of benzene rings is 2. The van der Waals surface area contributed by atoms with Crippen LogP contribution in [0.1, 0.15) is 25.0 Å². The number of thioether (sulfide) groups is 1. The van der Waals surface area contributed by atoms with Gasteiger partial charge in [-0.15, -0.1) is 11.8 Å². The normalized spacial score (nSPS) is 12.9. The number of carbonyl (C=O) groups excluding carboxylic acids is 1. The minimum absolute atomic E-state index is 0.000501. The molecule has 0 aliphatic rings. The topological polar surface area (TPSA) is 88.0 Å². The maximum Gasteiger partial charge on any atom is 0.412 e. The molecular formula is C21H27NO5S. The van der Waals surface area contributed by atoms with E-state index in [1.807, 2.05) is 49.6 Å². The minimum atomic E-state index is -0.562. The number of hydrogen-bond donors (Lipinski definition) is 3. The Hall–Kier alpha value is -2.22. The number of amides is 1.